The molecule has 0 aliphatic rings. The molecule has 4 nitrogen and oxygen atoms in total. The first-order valence-electron chi connectivity index (χ1n) is 8.12. The van der Waals surface area contributed by atoms with E-state index < -0.39 is 16.7 Å². The second kappa shape index (κ2) is 9.30. The van der Waals surface area contributed by atoms with Crippen molar-refractivity contribution >= 4 is 22.8 Å². The van der Waals surface area contributed by atoms with Gasteiger partial charge in [0.15, 0.2) is 0 Å². The molecule has 0 saturated carbocycles. The molecule has 0 saturated heterocycles. The lowest BCUT2D eigenvalue weighted by atomic mass is 10.0. The second-order valence-corrected chi connectivity index (χ2v) is 7.21. The van der Waals surface area contributed by atoms with E-state index in [-0.39, 0.29) is 0 Å². The summed E-state index contributed by atoms with van der Waals surface area (Å²) in [6, 6.07) is 16.1. The Bertz CT molecular complexity index is 770. The van der Waals surface area contributed by atoms with Gasteiger partial charge in [-0.3, -0.25) is 14.2 Å². The first-order chi connectivity index (χ1) is 12.0. The third kappa shape index (κ3) is 5.96. The Kier molecular flexibility index (Phi) is 7.10. The maximum Gasteiger partial charge on any atom is 0.269 e. The summed E-state index contributed by atoms with van der Waals surface area (Å²) in [6.45, 7) is 0. The summed E-state index contributed by atoms with van der Waals surface area (Å²) in [4.78, 5) is 12.2. The standard InChI is InChI=1S/C20H23NO3S/c1-21(23)20(22)14-12-18-15-17(11-13-19(18)25(2)24)10-6-9-16-7-4-3-5-8-16/h3-5,7-8,11-15,23H,6,9-10H2,1-2H3. The highest BCUT2D eigenvalue weighted by Crippen LogP contribution is 2.19. The summed E-state index contributed by atoms with van der Waals surface area (Å²) < 4.78 is 11.9. The van der Waals surface area contributed by atoms with Crippen LogP contribution in [0.25, 0.3) is 6.08 Å². The van der Waals surface area contributed by atoms with E-state index in [1.807, 2.05) is 36.4 Å². The Hall–Kier alpha value is -2.24. The van der Waals surface area contributed by atoms with Crippen molar-refractivity contribution in [3.63, 3.8) is 0 Å². The van der Waals surface area contributed by atoms with Gasteiger partial charge in [0.2, 0.25) is 0 Å². The Morgan fingerprint density at radius 1 is 1.12 bits per heavy atom. The van der Waals surface area contributed by atoms with Crippen LogP contribution in [0.5, 0.6) is 0 Å². The van der Waals surface area contributed by atoms with Gasteiger partial charge in [0.05, 0.1) is 10.8 Å². The van der Waals surface area contributed by atoms with Crippen LogP contribution in [0.1, 0.15) is 23.1 Å². The molecule has 1 atom stereocenters. The van der Waals surface area contributed by atoms with E-state index in [9.17, 15) is 9.00 Å². The van der Waals surface area contributed by atoms with Gasteiger partial charge in [0, 0.05) is 24.3 Å². The van der Waals surface area contributed by atoms with Gasteiger partial charge in [-0.1, -0.05) is 42.5 Å². The summed E-state index contributed by atoms with van der Waals surface area (Å²) in [7, 11) is 0.121. The molecule has 2 aromatic carbocycles. The van der Waals surface area contributed by atoms with Crippen molar-refractivity contribution in [2.75, 3.05) is 13.3 Å². The fourth-order valence-corrected chi connectivity index (χ4v) is 3.27. The summed E-state index contributed by atoms with van der Waals surface area (Å²) >= 11 is 0. The van der Waals surface area contributed by atoms with E-state index in [0.717, 1.165) is 30.4 Å². The molecule has 0 aliphatic carbocycles. The smallest absolute Gasteiger partial charge is 0.269 e. The number of amides is 1. The monoisotopic (exact) mass is 357 g/mol. The SMILES string of the molecule is CN(O)C(=O)C=Cc1cc(CCCc2ccccc2)ccc1S(C)=O. The summed E-state index contributed by atoms with van der Waals surface area (Å²) in [5.74, 6) is -0.526. The van der Waals surface area contributed by atoms with Crippen molar-refractivity contribution in [1.82, 2.24) is 5.06 Å². The largest absolute Gasteiger partial charge is 0.286 e. The molecule has 25 heavy (non-hydrogen) atoms. The first kappa shape index (κ1) is 19.1. The second-order valence-electron chi connectivity index (χ2n) is 5.86. The Labute approximate surface area is 151 Å². The van der Waals surface area contributed by atoms with Gasteiger partial charge in [-0.25, -0.2) is 5.06 Å². The third-order valence-corrected chi connectivity index (χ3v) is 4.87. The van der Waals surface area contributed by atoms with Crippen LogP contribution in [0.2, 0.25) is 0 Å². The van der Waals surface area contributed by atoms with Gasteiger partial charge < -0.3 is 0 Å². The Morgan fingerprint density at radius 2 is 1.80 bits per heavy atom. The molecule has 1 amide bonds. The highest BCUT2D eigenvalue weighted by molar-refractivity contribution is 7.84. The topological polar surface area (TPSA) is 57.6 Å². The highest BCUT2D eigenvalue weighted by Gasteiger charge is 2.07. The molecule has 0 heterocycles. The molecule has 2 rings (SSSR count). The number of carbonyl (C=O) groups excluding carboxylic acids is 1. The maximum atomic E-state index is 11.9. The van der Waals surface area contributed by atoms with Crippen LogP contribution in [0, 0.1) is 0 Å². The Balaban J connectivity index is 2.10. The van der Waals surface area contributed by atoms with Crippen LogP contribution in [0.3, 0.4) is 0 Å². The quantitative estimate of drug-likeness (QED) is 0.469. The molecule has 2 aromatic rings. The minimum Gasteiger partial charge on any atom is -0.286 e. The zero-order valence-electron chi connectivity index (χ0n) is 14.5. The first-order valence-corrected chi connectivity index (χ1v) is 9.68. The van der Waals surface area contributed by atoms with Crippen LogP contribution < -0.4 is 0 Å². The third-order valence-electron chi connectivity index (χ3n) is 3.88. The van der Waals surface area contributed by atoms with Crippen molar-refractivity contribution in [3.05, 3.63) is 71.3 Å². The van der Waals surface area contributed by atoms with E-state index in [1.165, 1.54) is 18.7 Å². The molecular weight excluding hydrogens is 334 g/mol. The van der Waals surface area contributed by atoms with Gasteiger partial charge in [0.25, 0.3) is 5.91 Å². The normalized spacial score (nSPS) is 12.3. The van der Waals surface area contributed by atoms with Gasteiger partial charge in [-0.15, -0.1) is 0 Å². The predicted octanol–water partition coefficient (Wildman–Crippen LogP) is 3.46. The van der Waals surface area contributed by atoms with Crippen molar-refractivity contribution in [2.45, 2.75) is 24.2 Å². The molecule has 1 N–H and O–H groups in total. The molecule has 0 radical (unpaired) electrons. The lowest BCUT2D eigenvalue weighted by molar-refractivity contribution is -0.153. The predicted molar refractivity (Wildman–Crippen MR) is 101 cm³/mol. The number of benzene rings is 2. The number of carbonyl (C=O) groups is 1. The Morgan fingerprint density at radius 3 is 2.44 bits per heavy atom. The van der Waals surface area contributed by atoms with Crippen LogP contribution in [-0.2, 0) is 28.4 Å². The average Bonchev–Trinajstić information content (AvgIpc) is 2.60. The van der Waals surface area contributed by atoms with Gasteiger partial charge >= 0.3 is 0 Å². The summed E-state index contributed by atoms with van der Waals surface area (Å²) in [5, 5.41) is 9.65. The number of likely N-dealkylation sites (N-methyl/N-ethyl adjacent to an activating group) is 1. The fraction of sp³-hybridized carbons (Fsp3) is 0.250. The minimum absolute atomic E-state index is 0.517. The average molecular weight is 357 g/mol. The zero-order valence-corrected chi connectivity index (χ0v) is 15.3. The van der Waals surface area contributed by atoms with E-state index in [2.05, 4.69) is 12.1 Å². The molecule has 0 fully saturated rings. The molecule has 0 aromatic heterocycles. The van der Waals surface area contributed by atoms with E-state index in [1.54, 1.807) is 12.3 Å². The molecule has 0 aliphatic heterocycles. The number of hydroxylamine groups is 2. The molecule has 5 heteroatoms. The van der Waals surface area contributed by atoms with Crippen LogP contribution in [0.15, 0.2) is 59.5 Å². The van der Waals surface area contributed by atoms with Gasteiger partial charge in [-0.05, 0) is 48.1 Å². The number of hydrogen-bond acceptors (Lipinski definition) is 3. The fourth-order valence-electron chi connectivity index (χ4n) is 2.56. The van der Waals surface area contributed by atoms with E-state index in [4.69, 9.17) is 5.21 Å². The number of rotatable bonds is 7. The van der Waals surface area contributed by atoms with E-state index >= 15 is 0 Å². The van der Waals surface area contributed by atoms with Crippen LogP contribution >= 0.6 is 0 Å². The molecular formula is C20H23NO3S. The van der Waals surface area contributed by atoms with Gasteiger partial charge in [0.1, 0.15) is 0 Å². The maximum absolute atomic E-state index is 11.9. The molecule has 132 valence electrons. The van der Waals surface area contributed by atoms with Gasteiger partial charge in [-0.2, -0.15) is 0 Å². The number of nitrogens with zero attached hydrogens (tertiary/aromatic N) is 1. The molecule has 1 unspecified atom stereocenters. The van der Waals surface area contributed by atoms with Crippen molar-refractivity contribution in [3.8, 4) is 0 Å². The van der Waals surface area contributed by atoms with Crippen LogP contribution in [-0.4, -0.2) is 33.7 Å². The lowest BCUT2D eigenvalue weighted by Crippen LogP contribution is -2.19. The zero-order chi connectivity index (χ0) is 18.2. The van der Waals surface area contributed by atoms with Crippen molar-refractivity contribution < 1.29 is 14.2 Å². The van der Waals surface area contributed by atoms with E-state index in [0.29, 0.717) is 9.96 Å². The van der Waals surface area contributed by atoms with Crippen LogP contribution in [0.4, 0.5) is 0 Å². The number of hydrogen-bond donors (Lipinski definition) is 1. The lowest BCUT2D eigenvalue weighted by Gasteiger charge is -2.08. The number of aryl methyl sites for hydroxylation is 2. The summed E-state index contributed by atoms with van der Waals surface area (Å²) in [5.41, 5.74) is 3.19. The van der Waals surface area contributed by atoms with Crippen molar-refractivity contribution in [1.29, 1.82) is 0 Å². The molecule has 0 bridgehead atoms. The minimum atomic E-state index is -1.15. The summed E-state index contributed by atoms with van der Waals surface area (Å²) in [6.07, 6.45) is 7.41. The highest BCUT2D eigenvalue weighted by atomic mass is 32.2. The molecule has 0 spiro atoms. The van der Waals surface area contributed by atoms with Crippen molar-refractivity contribution in [2.24, 2.45) is 0 Å².